The van der Waals surface area contributed by atoms with Crippen molar-refractivity contribution in [3.63, 3.8) is 0 Å². The Morgan fingerprint density at radius 1 is 1.21 bits per heavy atom. The summed E-state index contributed by atoms with van der Waals surface area (Å²) in [6.45, 7) is -0.104. The van der Waals surface area contributed by atoms with Crippen LogP contribution in [0.1, 0.15) is 10.4 Å². The zero-order chi connectivity index (χ0) is 14.0. The minimum atomic E-state index is -1.30. The normalized spacial score (nSPS) is 30.9. The molecule has 1 aliphatic rings. The third-order valence-corrected chi connectivity index (χ3v) is 2.93. The van der Waals surface area contributed by atoms with Crippen molar-refractivity contribution >= 4 is 11.7 Å². The van der Waals surface area contributed by atoms with Gasteiger partial charge in [0.05, 0.1) is 12.6 Å². The van der Waals surface area contributed by atoms with Gasteiger partial charge >= 0.3 is 0 Å². The highest BCUT2D eigenvalue weighted by atomic mass is 16.5. The second-order valence-corrected chi connectivity index (χ2v) is 4.31. The highest BCUT2D eigenvalue weighted by Gasteiger charge is 2.37. The highest BCUT2D eigenvalue weighted by molar-refractivity contribution is 5.86. The molecule has 1 aliphatic heterocycles. The molecule has 0 radical (unpaired) electrons. The molecule has 4 atom stereocenters. The van der Waals surface area contributed by atoms with Crippen LogP contribution in [-0.2, 0) is 4.74 Å². The van der Waals surface area contributed by atoms with Crippen LogP contribution >= 0.6 is 0 Å². The number of hydrogen-bond acceptors (Lipinski definition) is 7. The summed E-state index contributed by atoms with van der Waals surface area (Å²) in [5, 5.41) is 41.9. The molecule has 7 heteroatoms. The second-order valence-electron chi connectivity index (χ2n) is 4.31. The van der Waals surface area contributed by atoms with Gasteiger partial charge in [-0.1, -0.05) is 12.1 Å². The molecule has 104 valence electrons. The van der Waals surface area contributed by atoms with Gasteiger partial charge in [-0.15, -0.1) is 0 Å². The largest absolute Gasteiger partial charge is 0.545 e. The number of aliphatic hydroxyl groups is 3. The topological polar surface area (TPSA) is 122 Å². The Kier molecular flexibility index (Phi) is 4.01. The molecule has 2 rings (SSSR count). The number of carboxylic acid groups (broad SMARTS) is 1. The van der Waals surface area contributed by atoms with Crippen molar-refractivity contribution in [3.8, 4) is 0 Å². The van der Waals surface area contributed by atoms with Gasteiger partial charge in [0.2, 0.25) is 0 Å². The third kappa shape index (κ3) is 3.02. The predicted octanol–water partition coefficient (Wildman–Crippen LogP) is -2.10. The molecule has 0 spiro atoms. The minimum absolute atomic E-state index is 0.0334. The Morgan fingerprint density at radius 3 is 2.42 bits per heavy atom. The maximum Gasteiger partial charge on any atom is 0.156 e. The summed E-state index contributed by atoms with van der Waals surface area (Å²) >= 11 is 0. The molecule has 0 aromatic heterocycles. The standard InChI is InChI=1S/C12H15NO6/c14-8-5-19-11(10(16)9(8)15)13-7-3-1-6(2-4-7)12(17)18/h1-4,8-11,13-16H,5H2,(H,17,18)/p-1/t8-,9+,10+,11+/m1/s1. The Bertz CT molecular complexity index is 448. The van der Waals surface area contributed by atoms with Crippen molar-refractivity contribution in [2.45, 2.75) is 24.5 Å². The lowest BCUT2D eigenvalue weighted by Gasteiger charge is -2.35. The monoisotopic (exact) mass is 268 g/mol. The Morgan fingerprint density at radius 2 is 1.84 bits per heavy atom. The van der Waals surface area contributed by atoms with Gasteiger partial charge < -0.3 is 35.3 Å². The first kappa shape index (κ1) is 13.8. The van der Waals surface area contributed by atoms with Gasteiger partial charge in [0.1, 0.15) is 18.3 Å². The first-order valence-corrected chi connectivity index (χ1v) is 5.73. The van der Waals surface area contributed by atoms with E-state index in [0.717, 1.165) is 0 Å². The lowest BCUT2D eigenvalue weighted by atomic mass is 10.0. The maximum absolute atomic E-state index is 10.6. The van der Waals surface area contributed by atoms with Crippen LogP contribution in [0.5, 0.6) is 0 Å². The smallest absolute Gasteiger partial charge is 0.156 e. The van der Waals surface area contributed by atoms with E-state index >= 15 is 0 Å². The molecular formula is C12H14NO6-. The van der Waals surface area contributed by atoms with Gasteiger partial charge in [-0.25, -0.2) is 0 Å². The van der Waals surface area contributed by atoms with Gasteiger partial charge in [-0.05, 0) is 17.7 Å². The van der Waals surface area contributed by atoms with Crippen LogP contribution in [0.3, 0.4) is 0 Å². The zero-order valence-corrected chi connectivity index (χ0v) is 9.89. The van der Waals surface area contributed by atoms with Crippen molar-refractivity contribution in [2.24, 2.45) is 0 Å². The predicted molar refractivity (Wildman–Crippen MR) is 62.2 cm³/mol. The number of aromatic carboxylic acids is 1. The van der Waals surface area contributed by atoms with E-state index in [0.29, 0.717) is 5.69 Å². The Hall–Kier alpha value is -1.67. The molecule has 1 saturated heterocycles. The number of carbonyl (C=O) groups is 1. The molecule has 1 fully saturated rings. The van der Waals surface area contributed by atoms with Crippen molar-refractivity contribution < 1.29 is 30.0 Å². The van der Waals surface area contributed by atoms with Crippen LogP contribution in [0.25, 0.3) is 0 Å². The Balaban J connectivity index is 2.03. The van der Waals surface area contributed by atoms with E-state index in [2.05, 4.69) is 5.32 Å². The summed E-state index contributed by atoms with van der Waals surface area (Å²) in [6, 6.07) is 5.66. The van der Waals surface area contributed by atoms with Crippen LogP contribution in [0.2, 0.25) is 0 Å². The number of carbonyl (C=O) groups excluding carboxylic acids is 1. The minimum Gasteiger partial charge on any atom is -0.545 e. The average molecular weight is 268 g/mol. The molecule has 1 aromatic rings. The molecule has 0 saturated carbocycles. The molecule has 4 N–H and O–H groups in total. The van der Waals surface area contributed by atoms with E-state index in [9.17, 15) is 25.2 Å². The fraction of sp³-hybridized carbons (Fsp3) is 0.417. The van der Waals surface area contributed by atoms with Crippen molar-refractivity contribution in [1.29, 1.82) is 0 Å². The van der Waals surface area contributed by atoms with E-state index in [1.54, 1.807) is 0 Å². The molecule has 19 heavy (non-hydrogen) atoms. The number of ether oxygens (including phenoxy) is 1. The zero-order valence-electron chi connectivity index (χ0n) is 9.89. The van der Waals surface area contributed by atoms with Gasteiger partial charge in [-0.2, -0.15) is 0 Å². The molecule has 0 aliphatic carbocycles. The number of rotatable bonds is 3. The molecule has 0 bridgehead atoms. The summed E-state index contributed by atoms with van der Waals surface area (Å²) in [4.78, 5) is 10.6. The van der Waals surface area contributed by atoms with Crippen LogP contribution in [0, 0.1) is 0 Å². The summed E-state index contributed by atoms with van der Waals surface area (Å²) in [5.41, 5.74) is 0.545. The van der Waals surface area contributed by atoms with Crippen LogP contribution in [0.15, 0.2) is 24.3 Å². The Labute approximate surface area is 109 Å². The van der Waals surface area contributed by atoms with E-state index in [-0.39, 0.29) is 12.2 Å². The number of anilines is 1. The first-order valence-electron chi connectivity index (χ1n) is 5.73. The fourth-order valence-electron chi connectivity index (χ4n) is 1.80. The van der Waals surface area contributed by atoms with Gasteiger partial charge in [0, 0.05) is 5.69 Å². The number of carboxylic acids is 1. The summed E-state index contributed by atoms with van der Waals surface area (Å²) < 4.78 is 5.15. The van der Waals surface area contributed by atoms with Crippen LogP contribution < -0.4 is 10.4 Å². The average Bonchev–Trinajstić information content (AvgIpc) is 2.40. The summed E-state index contributed by atoms with van der Waals surface area (Å²) in [5.74, 6) is -1.28. The second kappa shape index (κ2) is 5.54. The van der Waals surface area contributed by atoms with Crippen LogP contribution in [-0.4, -0.2) is 52.4 Å². The fourth-order valence-corrected chi connectivity index (χ4v) is 1.80. The molecule has 7 nitrogen and oxygen atoms in total. The van der Waals surface area contributed by atoms with E-state index in [1.165, 1.54) is 24.3 Å². The number of benzene rings is 1. The quantitative estimate of drug-likeness (QED) is 0.495. The van der Waals surface area contributed by atoms with Crippen molar-refractivity contribution in [1.82, 2.24) is 0 Å². The van der Waals surface area contributed by atoms with Gasteiger partial charge in [0.15, 0.2) is 6.23 Å². The van der Waals surface area contributed by atoms with Crippen LogP contribution in [0.4, 0.5) is 5.69 Å². The van der Waals surface area contributed by atoms with E-state index < -0.39 is 30.5 Å². The number of nitrogens with one attached hydrogen (secondary N) is 1. The summed E-state index contributed by atoms with van der Waals surface area (Å²) in [7, 11) is 0. The molecular weight excluding hydrogens is 254 g/mol. The van der Waals surface area contributed by atoms with E-state index in [1.807, 2.05) is 0 Å². The number of aliphatic hydroxyl groups excluding tert-OH is 3. The third-order valence-electron chi connectivity index (χ3n) is 2.93. The molecule has 0 amide bonds. The van der Waals surface area contributed by atoms with Gasteiger partial charge in [0.25, 0.3) is 0 Å². The van der Waals surface area contributed by atoms with Gasteiger partial charge in [-0.3, -0.25) is 0 Å². The molecule has 1 aromatic carbocycles. The lowest BCUT2D eigenvalue weighted by molar-refractivity contribution is -0.255. The SMILES string of the molecule is O=C([O-])c1ccc(N[C@H]2OC[C@@H](O)[C@H](O)[C@@H]2O)cc1. The van der Waals surface area contributed by atoms with Crippen molar-refractivity contribution in [2.75, 3.05) is 11.9 Å². The first-order chi connectivity index (χ1) is 8.99. The maximum atomic E-state index is 10.6. The molecule has 1 heterocycles. The lowest BCUT2D eigenvalue weighted by Crippen LogP contribution is -2.55. The summed E-state index contributed by atoms with van der Waals surface area (Å²) in [6.07, 6.45) is -4.60. The van der Waals surface area contributed by atoms with E-state index in [4.69, 9.17) is 4.74 Å². The number of hydrogen-bond donors (Lipinski definition) is 4. The van der Waals surface area contributed by atoms with Crippen molar-refractivity contribution in [3.05, 3.63) is 29.8 Å². The molecule has 0 unspecified atom stereocenters. The highest BCUT2D eigenvalue weighted by Crippen LogP contribution is 2.18.